The maximum absolute atomic E-state index is 15.3. The van der Waals surface area contributed by atoms with Crippen LogP contribution < -0.4 is 10.6 Å². The summed E-state index contributed by atoms with van der Waals surface area (Å²) in [5.41, 5.74) is 1.56. The number of allylic oxidation sites excluding steroid dienone is 1. The maximum Gasteiger partial charge on any atom is 0.412 e. The highest BCUT2D eigenvalue weighted by Crippen LogP contribution is 2.66. The Morgan fingerprint density at radius 2 is 1.42 bits per heavy atom. The number of hydrogen-bond acceptors (Lipinski definition) is 7. The van der Waals surface area contributed by atoms with Crippen LogP contribution in [-0.4, -0.2) is 67.5 Å². The molecule has 4 atom stereocenters. The van der Waals surface area contributed by atoms with Crippen molar-refractivity contribution in [2.24, 2.45) is 5.92 Å². The second-order valence-electron chi connectivity index (χ2n) is 18.7. The van der Waals surface area contributed by atoms with Crippen molar-refractivity contribution in [3.05, 3.63) is 156 Å². The average Bonchev–Trinajstić information content (AvgIpc) is 3.62. The van der Waals surface area contributed by atoms with Crippen molar-refractivity contribution in [2.75, 3.05) is 18.1 Å². The fourth-order valence-corrected chi connectivity index (χ4v) is 12.9. The Kier molecular flexibility index (Phi) is 14.0. The molecule has 4 aromatic carbocycles. The first-order chi connectivity index (χ1) is 29.3. The number of carbonyl (C=O) groups is 4. The van der Waals surface area contributed by atoms with Crippen molar-refractivity contribution >= 4 is 51.0 Å². The summed E-state index contributed by atoms with van der Waals surface area (Å²) in [5, 5.41) is 4.48. The van der Waals surface area contributed by atoms with E-state index in [1.54, 1.807) is 49.9 Å². The molecule has 62 heavy (non-hydrogen) atoms. The van der Waals surface area contributed by atoms with Gasteiger partial charge in [-0.1, -0.05) is 124 Å². The normalized spacial score (nSPS) is 20.1. The van der Waals surface area contributed by atoms with Gasteiger partial charge in [0.05, 0.1) is 18.1 Å². The third-order valence-electron chi connectivity index (χ3n) is 12.3. The number of ether oxygens (including phenoxy) is 2. The lowest BCUT2D eigenvalue weighted by Gasteiger charge is -2.52. The molecule has 6 rings (SSSR count). The summed E-state index contributed by atoms with van der Waals surface area (Å²) in [6, 6.07) is 36.5. The van der Waals surface area contributed by atoms with Gasteiger partial charge in [-0.2, -0.15) is 0 Å². The summed E-state index contributed by atoms with van der Waals surface area (Å²) in [5.74, 6) is -1.87. The standard InChI is InChI=1S/C51H61N2O7PSi/c1-11-32-58-47(56)44(45-51(37-21-15-12-16-22-37,38-23-17-13-18-24-38)31-33-61(45)40-25-19-14-20-26-40)53-41(43(46(53)55)35(2)60-62(9,10)50(6,7)8)34-42(54)36-27-29-39(30-28-36)52-48(57)59-49(3,4)5/h11-30,35,41,43H,1,31-34H2,2-10H3,(H,52,57)/t35-,41-,43-,61?/m1/s1. The van der Waals surface area contributed by atoms with Gasteiger partial charge in [-0.3, -0.25) is 14.9 Å². The van der Waals surface area contributed by atoms with E-state index in [9.17, 15) is 9.59 Å². The number of amides is 2. The van der Waals surface area contributed by atoms with Crippen molar-refractivity contribution in [1.29, 1.82) is 0 Å². The monoisotopic (exact) mass is 872 g/mol. The Morgan fingerprint density at radius 3 is 1.94 bits per heavy atom. The van der Waals surface area contributed by atoms with Crippen molar-refractivity contribution in [3.8, 4) is 0 Å². The molecule has 2 heterocycles. The van der Waals surface area contributed by atoms with E-state index >= 15 is 9.59 Å². The third kappa shape index (κ3) is 9.73. The molecule has 2 saturated heterocycles. The molecule has 11 heteroatoms. The molecular weight excluding hydrogens is 812 g/mol. The number of β-lactam (4-membered cyclic amide) rings is 1. The van der Waals surface area contributed by atoms with Crippen LogP contribution in [-0.2, 0) is 28.9 Å². The third-order valence-corrected chi connectivity index (χ3v) is 19.6. The number of hydrogen-bond donors (Lipinski definition) is 1. The van der Waals surface area contributed by atoms with E-state index in [1.165, 1.54) is 6.08 Å². The van der Waals surface area contributed by atoms with E-state index in [0.29, 0.717) is 17.7 Å². The second kappa shape index (κ2) is 18.7. The molecule has 0 spiro atoms. The van der Waals surface area contributed by atoms with Crippen LogP contribution in [0.3, 0.4) is 0 Å². The SMILES string of the molecule is C=CCOC(=O)C(=C1P(c2ccccc2)CCC1(c1ccccc1)c1ccccc1)N1C(=O)[C@H]([C@@H](C)O[Si](C)(C)C(C)(C)C)[C@H]1CC(=O)c1ccc(NC(=O)OC(C)(C)C)cc1. The molecule has 2 aliphatic heterocycles. The quantitative estimate of drug-likeness (QED) is 0.0255. The Bertz CT molecular complexity index is 2240. The molecule has 0 radical (unpaired) electrons. The smallest absolute Gasteiger partial charge is 0.412 e. The van der Waals surface area contributed by atoms with Crippen molar-refractivity contribution < 1.29 is 33.1 Å². The number of Topliss-reactive ketones (excluding diaryl/α,β-unsaturated/α-hetero) is 1. The van der Waals surface area contributed by atoms with Gasteiger partial charge in [0, 0.05) is 28.4 Å². The van der Waals surface area contributed by atoms with E-state index in [2.05, 4.69) is 82.2 Å². The van der Waals surface area contributed by atoms with Crippen LogP contribution in [0.2, 0.25) is 18.1 Å². The number of esters is 1. The van der Waals surface area contributed by atoms with Gasteiger partial charge in [-0.05, 0) is 107 Å². The summed E-state index contributed by atoms with van der Waals surface area (Å²) in [6.07, 6.45) is 1.71. The summed E-state index contributed by atoms with van der Waals surface area (Å²) in [6.45, 7) is 21.8. The molecule has 2 fully saturated rings. The maximum atomic E-state index is 15.3. The summed E-state index contributed by atoms with van der Waals surface area (Å²) >= 11 is 0. The lowest BCUT2D eigenvalue weighted by molar-refractivity contribution is -0.163. The van der Waals surface area contributed by atoms with Crippen LogP contribution >= 0.6 is 7.92 Å². The topological polar surface area (TPSA) is 111 Å². The van der Waals surface area contributed by atoms with Gasteiger partial charge < -0.3 is 18.8 Å². The van der Waals surface area contributed by atoms with E-state index < -0.39 is 57.4 Å². The molecule has 326 valence electrons. The van der Waals surface area contributed by atoms with E-state index in [1.807, 2.05) is 61.5 Å². The first-order valence-electron chi connectivity index (χ1n) is 21.4. The van der Waals surface area contributed by atoms with Gasteiger partial charge >= 0.3 is 12.1 Å². The molecule has 1 N–H and O–H groups in total. The van der Waals surface area contributed by atoms with Gasteiger partial charge in [0.2, 0.25) is 5.91 Å². The molecule has 1 unspecified atom stereocenters. The van der Waals surface area contributed by atoms with Crippen molar-refractivity contribution in [2.45, 2.75) is 103 Å². The zero-order valence-electron chi connectivity index (χ0n) is 37.6. The molecule has 4 aromatic rings. The molecule has 2 aliphatic rings. The molecule has 0 aliphatic carbocycles. The van der Waals surface area contributed by atoms with Crippen LogP contribution in [0, 0.1) is 5.92 Å². The summed E-state index contributed by atoms with van der Waals surface area (Å²) in [7, 11) is -3.62. The van der Waals surface area contributed by atoms with Crippen LogP contribution in [0.15, 0.2) is 139 Å². The Balaban J connectivity index is 1.54. The van der Waals surface area contributed by atoms with Crippen LogP contribution in [0.1, 0.15) is 82.8 Å². The number of ketones is 1. The lowest BCUT2D eigenvalue weighted by Crippen LogP contribution is -2.66. The summed E-state index contributed by atoms with van der Waals surface area (Å²) < 4.78 is 18.3. The predicted octanol–water partition coefficient (Wildman–Crippen LogP) is 11.0. The highest BCUT2D eigenvalue weighted by molar-refractivity contribution is 7.70. The number of nitrogens with zero attached hydrogens (tertiary/aromatic N) is 1. The fourth-order valence-electron chi connectivity index (χ4n) is 8.38. The molecule has 9 nitrogen and oxygen atoms in total. The van der Waals surface area contributed by atoms with Crippen molar-refractivity contribution in [1.82, 2.24) is 4.90 Å². The van der Waals surface area contributed by atoms with Gasteiger partial charge in [0.1, 0.15) is 17.9 Å². The Morgan fingerprint density at radius 1 is 0.871 bits per heavy atom. The molecule has 2 amide bonds. The predicted molar refractivity (Wildman–Crippen MR) is 251 cm³/mol. The Labute approximate surface area is 369 Å². The second-order valence-corrected chi connectivity index (χ2v) is 25.7. The number of anilines is 1. The van der Waals surface area contributed by atoms with Gasteiger partial charge in [0.15, 0.2) is 14.1 Å². The van der Waals surface area contributed by atoms with E-state index in [-0.39, 0.29) is 35.5 Å². The van der Waals surface area contributed by atoms with Crippen molar-refractivity contribution in [3.63, 3.8) is 0 Å². The van der Waals surface area contributed by atoms with Gasteiger partial charge in [-0.15, -0.1) is 0 Å². The lowest BCUT2D eigenvalue weighted by atomic mass is 9.71. The molecule has 0 aromatic heterocycles. The minimum atomic E-state index is -2.40. The Hall–Kier alpha value is -5.15. The first-order valence-corrected chi connectivity index (χ1v) is 25.8. The molecular formula is C51H61N2O7PSi. The minimum absolute atomic E-state index is 0.0633. The van der Waals surface area contributed by atoms with Crippen LogP contribution in [0.4, 0.5) is 10.5 Å². The number of benzene rings is 4. The zero-order valence-corrected chi connectivity index (χ0v) is 39.5. The van der Waals surface area contributed by atoms with E-state index in [4.69, 9.17) is 13.9 Å². The van der Waals surface area contributed by atoms with E-state index in [0.717, 1.165) is 27.9 Å². The first kappa shape index (κ1) is 46.4. The number of carbonyl (C=O) groups excluding carboxylic acids is 4. The highest BCUT2D eigenvalue weighted by atomic mass is 31.1. The van der Waals surface area contributed by atoms with Gasteiger partial charge in [0.25, 0.3) is 0 Å². The highest BCUT2D eigenvalue weighted by Gasteiger charge is 2.59. The fraction of sp³-hybridized carbons (Fsp3) is 0.373. The number of likely N-dealkylation sites (tertiary alicyclic amines) is 1. The average molecular weight is 873 g/mol. The largest absolute Gasteiger partial charge is 0.457 e. The molecule has 0 saturated carbocycles. The van der Waals surface area contributed by atoms with Gasteiger partial charge in [-0.25, -0.2) is 9.59 Å². The zero-order chi connectivity index (χ0) is 45.0. The van der Waals surface area contributed by atoms with Crippen LogP contribution in [0.25, 0.3) is 0 Å². The minimum Gasteiger partial charge on any atom is -0.457 e. The number of rotatable bonds is 14. The van der Waals surface area contributed by atoms with Crippen LogP contribution in [0.5, 0.6) is 0 Å². The summed E-state index contributed by atoms with van der Waals surface area (Å²) in [4.78, 5) is 59.0. The number of nitrogens with one attached hydrogen (secondary N) is 1. The molecule has 0 bridgehead atoms.